The number of benzene rings is 1. The van der Waals surface area contributed by atoms with Crippen molar-refractivity contribution in [2.45, 2.75) is 6.18 Å². The van der Waals surface area contributed by atoms with E-state index in [0.29, 0.717) is 10.9 Å². The standard InChI is InChI=1S/C13H11F3N2O/c14-13(15,16)8-18-7-12(19)11-6-17-5-9-3-1-2-4-10(9)11/h1-6,18H,7-8H2. The summed E-state index contributed by atoms with van der Waals surface area (Å²) in [5.41, 5.74) is 0.327. The van der Waals surface area contributed by atoms with Crippen molar-refractivity contribution in [2.75, 3.05) is 13.1 Å². The SMILES string of the molecule is O=C(CNCC(F)(F)F)c1cncc2ccccc12. The first-order valence-corrected chi connectivity index (χ1v) is 5.61. The maximum Gasteiger partial charge on any atom is 0.401 e. The molecule has 100 valence electrons. The van der Waals surface area contributed by atoms with Crippen LogP contribution in [-0.2, 0) is 0 Å². The molecule has 0 aliphatic carbocycles. The van der Waals surface area contributed by atoms with Gasteiger partial charge in [0.05, 0.1) is 13.1 Å². The molecule has 0 aliphatic heterocycles. The molecule has 0 radical (unpaired) electrons. The minimum absolute atomic E-state index is 0.327. The van der Waals surface area contributed by atoms with Gasteiger partial charge in [0.2, 0.25) is 0 Å². The summed E-state index contributed by atoms with van der Waals surface area (Å²) in [7, 11) is 0. The van der Waals surface area contributed by atoms with Crippen LogP contribution in [0.15, 0.2) is 36.7 Å². The zero-order valence-corrected chi connectivity index (χ0v) is 9.87. The Bertz CT molecular complexity index is 590. The van der Waals surface area contributed by atoms with Gasteiger partial charge >= 0.3 is 6.18 Å². The molecular formula is C13H11F3N2O. The lowest BCUT2D eigenvalue weighted by molar-refractivity contribution is -0.124. The van der Waals surface area contributed by atoms with Gasteiger partial charge < -0.3 is 5.32 Å². The van der Waals surface area contributed by atoms with E-state index in [-0.39, 0.29) is 6.54 Å². The average molecular weight is 268 g/mol. The molecule has 0 saturated heterocycles. The fourth-order valence-electron chi connectivity index (χ4n) is 1.75. The number of ketones is 1. The summed E-state index contributed by atoms with van der Waals surface area (Å²) in [5, 5.41) is 3.56. The van der Waals surface area contributed by atoms with Gasteiger partial charge in [-0.15, -0.1) is 0 Å². The summed E-state index contributed by atoms with van der Waals surface area (Å²) in [6, 6.07) is 7.11. The molecule has 0 unspecified atom stereocenters. The summed E-state index contributed by atoms with van der Waals surface area (Å²) in [4.78, 5) is 15.8. The normalized spacial score (nSPS) is 11.7. The summed E-state index contributed by atoms with van der Waals surface area (Å²) < 4.78 is 35.9. The Kier molecular flexibility index (Phi) is 3.80. The Hall–Kier alpha value is -1.95. The van der Waals surface area contributed by atoms with Crippen LogP contribution in [0.2, 0.25) is 0 Å². The van der Waals surface area contributed by atoms with Gasteiger partial charge in [0.1, 0.15) is 0 Å². The number of hydrogen-bond acceptors (Lipinski definition) is 3. The second kappa shape index (κ2) is 5.36. The quantitative estimate of drug-likeness (QED) is 0.866. The number of nitrogens with one attached hydrogen (secondary N) is 1. The highest BCUT2D eigenvalue weighted by Gasteiger charge is 2.26. The second-order valence-electron chi connectivity index (χ2n) is 4.05. The lowest BCUT2D eigenvalue weighted by Gasteiger charge is -2.08. The number of nitrogens with zero attached hydrogens (tertiary/aromatic N) is 1. The highest BCUT2D eigenvalue weighted by molar-refractivity contribution is 6.08. The van der Waals surface area contributed by atoms with E-state index in [9.17, 15) is 18.0 Å². The van der Waals surface area contributed by atoms with Crippen molar-refractivity contribution in [3.05, 3.63) is 42.2 Å². The number of pyridine rings is 1. The molecule has 19 heavy (non-hydrogen) atoms. The molecule has 0 amide bonds. The van der Waals surface area contributed by atoms with Crippen molar-refractivity contribution in [3.63, 3.8) is 0 Å². The Balaban J connectivity index is 2.14. The molecule has 1 aromatic heterocycles. The van der Waals surface area contributed by atoms with E-state index in [1.807, 2.05) is 0 Å². The number of halogens is 3. The Morgan fingerprint density at radius 3 is 2.68 bits per heavy atom. The Labute approximate surface area is 107 Å². The third-order valence-electron chi connectivity index (χ3n) is 2.58. The molecule has 0 atom stereocenters. The van der Waals surface area contributed by atoms with Gasteiger partial charge in [-0.3, -0.25) is 9.78 Å². The van der Waals surface area contributed by atoms with Gasteiger partial charge in [0.15, 0.2) is 5.78 Å². The molecule has 3 nitrogen and oxygen atoms in total. The van der Waals surface area contributed by atoms with Crippen molar-refractivity contribution in [2.24, 2.45) is 0 Å². The first-order chi connectivity index (χ1) is 8.97. The second-order valence-corrected chi connectivity index (χ2v) is 4.05. The minimum Gasteiger partial charge on any atom is -0.302 e. The largest absolute Gasteiger partial charge is 0.401 e. The minimum atomic E-state index is -4.32. The lowest BCUT2D eigenvalue weighted by Crippen LogP contribution is -2.32. The number of fused-ring (bicyclic) bond motifs is 1. The van der Waals surface area contributed by atoms with E-state index in [4.69, 9.17) is 0 Å². The highest BCUT2D eigenvalue weighted by atomic mass is 19.4. The van der Waals surface area contributed by atoms with E-state index < -0.39 is 18.5 Å². The topological polar surface area (TPSA) is 42.0 Å². The van der Waals surface area contributed by atoms with Gasteiger partial charge in [-0.25, -0.2) is 0 Å². The molecule has 2 rings (SSSR count). The van der Waals surface area contributed by atoms with E-state index in [1.54, 1.807) is 30.5 Å². The number of alkyl halides is 3. The van der Waals surface area contributed by atoms with E-state index in [1.165, 1.54) is 6.20 Å². The first-order valence-electron chi connectivity index (χ1n) is 5.61. The molecule has 2 aromatic rings. The number of carbonyl (C=O) groups is 1. The summed E-state index contributed by atoms with van der Waals surface area (Å²) in [6.45, 7) is -1.55. The highest BCUT2D eigenvalue weighted by Crippen LogP contribution is 2.17. The zero-order chi connectivity index (χ0) is 13.9. The molecule has 6 heteroatoms. The average Bonchev–Trinajstić information content (AvgIpc) is 2.36. The smallest absolute Gasteiger partial charge is 0.302 e. The predicted molar refractivity (Wildman–Crippen MR) is 65.0 cm³/mol. The van der Waals surface area contributed by atoms with Crippen molar-refractivity contribution in [1.29, 1.82) is 0 Å². The molecule has 1 aromatic carbocycles. The number of Topliss-reactive ketones (excluding diaryl/α,β-unsaturated/α-hetero) is 1. The van der Waals surface area contributed by atoms with Crippen LogP contribution in [-0.4, -0.2) is 30.0 Å². The monoisotopic (exact) mass is 268 g/mol. The van der Waals surface area contributed by atoms with Gasteiger partial charge in [-0.05, 0) is 5.39 Å². The maximum absolute atomic E-state index is 12.0. The van der Waals surface area contributed by atoms with Crippen molar-refractivity contribution in [1.82, 2.24) is 10.3 Å². The van der Waals surface area contributed by atoms with Crippen molar-refractivity contribution in [3.8, 4) is 0 Å². The van der Waals surface area contributed by atoms with Crippen LogP contribution in [0.3, 0.4) is 0 Å². The molecule has 1 N–H and O–H groups in total. The fourth-order valence-corrected chi connectivity index (χ4v) is 1.75. The van der Waals surface area contributed by atoms with Crippen LogP contribution in [0.1, 0.15) is 10.4 Å². The van der Waals surface area contributed by atoms with Gasteiger partial charge in [0, 0.05) is 23.3 Å². The van der Waals surface area contributed by atoms with Crippen LogP contribution < -0.4 is 5.32 Å². The van der Waals surface area contributed by atoms with Crippen molar-refractivity contribution < 1.29 is 18.0 Å². The molecule has 0 spiro atoms. The summed E-state index contributed by atoms with van der Waals surface area (Å²) in [6.07, 6.45) is -1.34. The third kappa shape index (κ3) is 3.51. The predicted octanol–water partition coefficient (Wildman–Crippen LogP) is 2.57. The fraction of sp³-hybridized carbons (Fsp3) is 0.231. The Morgan fingerprint density at radius 1 is 1.21 bits per heavy atom. The summed E-state index contributed by atoms with van der Waals surface area (Å²) >= 11 is 0. The molecule has 0 aliphatic rings. The number of rotatable bonds is 4. The third-order valence-corrected chi connectivity index (χ3v) is 2.58. The number of hydrogen-bond donors (Lipinski definition) is 1. The van der Waals surface area contributed by atoms with Gasteiger partial charge in [0.25, 0.3) is 0 Å². The van der Waals surface area contributed by atoms with Crippen LogP contribution in [0.4, 0.5) is 13.2 Å². The molecule has 0 fully saturated rings. The van der Waals surface area contributed by atoms with E-state index in [0.717, 1.165) is 5.39 Å². The molecule has 1 heterocycles. The first kappa shape index (κ1) is 13.5. The zero-order valence-electron chi connectivity index (χ0n) is 9.87. The molecule has 0 saturated carbocycles. The maximum atomic E-state index is 12.0. The van der Waals surface area contributed by atoms with E-state index >= 15 is 0 Å². The number of aromatic nitrogens is 1. The Morgan fingerprint density at radius 2 is 1.95 bits per heavy atom. The van der Waals surface area contributed by atoms with Crippen LogP contribution in [0, 0.1) is 0 Å². The lowest BCUT2D eigenvalue weighted by atomic mass is 10.0. The van der Waals surface area contributed by atoms with Crippen LogP contribution >= 0.6 is 0 Å². The molecule has 0 bridgehead atoms. The van der Waals surface area contributed by atoms with Gasteiger partial charge in [-0.1, -0.05) is 24.3 Å². The number of carbonyl (C=O) groups excluding carboxylic acids is 1. The molecular weight excluding hydrogens is 257 g/mol. The van der Waals surface area contributed by atoms with Crippen molar-refractivity contribution >= 4 is 16.6 Å². The van der Waals surface area contributed by atoms with E-state index in [2.05, 4.69) is 10.3 Å². The summed E-state index contributed by atoms with van der Waals surface area (Å²) in [5.74, 6) is -0.409. The van der Waals surface area contributed by atoms with Crippen LogP contribution in [0.25, 0.3) is 10.8 Å². The van der Waals surface area contributed by atoms with Crippen LogP contribution in [0.5, 0.6) is 0 Å². The van der Waals surface area contributed by atoms with Gasteiger partial charge in [-0.2, -0.15) is 13.2 Å².